The lowest BCUT2D eigenvalue weighted by molar-refractivity contribution is 0.0694. The number of hydrogen-bond acceptors (Lipinski definition) is 5. The van der Waals surface area contributed by atoms with Gasteiger partial charge in [-0.25, -0.2) is 9.18 Å². The molecule has 1 aliphatic rings. The van der Waals surface area contributed by atoms with Crippen LogP contribution in [0.4, 0.5) is 4.39 Å². The number of carbonyl (C=O) groups is 2. The number of hydrogen-bond donors (Lipinski definition) is 1. The maximum absolute atomic E-state index is 15.2. The zero-order valence-corrected chi connectivity index (χ0v) is 16.3. The number of rotatable bonds is 6. The number of fused-ring (bicyclic) bond motifs is 1. The number of methoxy groups -OCH3 is 2. The molecule has 1 heterocycles. The molecule has 7 nitrogen and oxygen atoms in total. The zero-order valence-electron chi connectivity index (χ0n) is 16.3. The van der Waals surface area contributed by atoms with Crippen molar-refractivity contribution in [3.63, 3.8) is 0 Å². The van der Waals surface area contributed by atoms with Crippen LogP contribution >= 0.6 is 0 Å². The molecule has 1 N–H and O–H groups in total. The van der Waals surface area contributed by atoms with Crippen molar-refractivity contribution in [2.24, 2.45) is 0 Å². The molecule has 0 spiro atoms. The van der Waals surface area contributed by atoms with Gasteiger partial charge in [0.25, 0.3) is 0 Å². The number of nitrogens with zero attached hydrogens (tertiary/aromatic N) is 1. The molecular formula is C22H18FNO6. The average molecular weight is 411 g/mol. The number of carbonyl (C=O) groups excluding carboxylic acids is 1. The fourth-order valence-corrected chi connectivity index (χ4v) is 3.64. The van der Waals surface area contributed by atoms with Crippen molar-refractivity contribution in [3.8, 4) is 22.6 Å². The molecule has 0 aliphatic heterocycles. The Kier molecular flexibility index (Phi) is 4.77. The Hall–Kier alpha value is -3.68. The van der Waals surface area contributed by atoms with Gasteiger partial charge in [-0.3, -0.25) is 9.59 Å². The number of halogens is 1. The predicted octanol–water partition coefficient (Wildman–Crippen LogP) is 3.67. The van der Waals surface area contributed by atoms with Gasteiger partial charge in [0.05, 0.1) is 19.7 Å². The smallest absolute Gasteiger partial charge is 0.341 e. The molecule has 0 saturated heterocycles. The van der Waals surface area contributed by atoms with Gasteiger partial charge in [-0.15, -0.1) is 0 Å². The van der Waals surface area contributed by atoms with E-state index in [0.717, 1.165) is 18.9 Å². The number of aromatic carboxylic acids is 1. The summed E-state index contributed by atoms with van der Waals surface area (Å²) < 4.78 is 27.6. The monoisotopic (exact) mass is 411 g/mol. The van der Waals surface area contributed by atoms with Gasteiger partial charge in [-0.1, -0.05) is 0 Å². The molecule has 0 atom stereocenters. The van der Waals surface area contributed by atoms with Crippen LogP contribution in [0.2, 0.25) is 0 Å². The molecule has 0 radical (unpaired) electrons. The lowest BCUT2D eigenvalue weighted by atomic mass is 9.98. The molecule has 0 amide bonds. The summed E-state index contributed by atoms with van der Waals surface area (Å²) in [7, 11) is 2.81. The fourth-order valence-electron chi connectivity index (χ4n) is 3.64. The number of pyridine rings is 1. The Morgan fingerprint density at radius 3 is 2.47 bits per heavy atom. The SMILES string of the molecule is COc1cc(C=O)cc(-c2cc3c(cc2F)c(=O)c(C(=O)O)cn3C2CC2)c1OC. The number of aromatic nitrogens is 1. The van der Waals surface area contributed by atoms with E-state index in [9.17, 15) is 19.5 Å². The molecule has 0 unspecified atom stereocenters. The first-order valence-electron chi connectivity index (χ1n) is 9.22. The zero-order chi connectivity index (χ0) is 21.6. The van der Waals surface area contributed by atoms with Crippen molar-refractivity contribution in [1.29, 1.82) is 0 Å². The Balaban J connectivity index is 2.07. The molecule has 0 bridgehead atoms. The van der Waals surface area contributed by atoms with Crippen molar-refractivity contribution in [3.05, 3.63) is 57.6 Å². The topological polar surface area (TPSA) is 94.8 Å². The minimum atomic E-state index is -1.36. The summed E-state index contributed by atoms with van der Waals surface area (Å²) in [5.74, 6) is -1.60. The highest BCUT2D eigenvalue weighted by molar-refractivity contribution is 5.95. The van der Waals surface area contributed by atoms with E-state index in [0.29, 0.717) is 11.8 Å². The molecular weight excluding hydrogens is 393 g/mol. The Morgan fingerprint density at radius 2 is 1.90 bits per heavy atom. The molecule has 8 heteroatoms. The van der Waals surface area contributed by atoms with Crippen LogP contribution in [0.1, 0.15) is 39.6 Å². The van der Waals surface area contributed by atoms with Crippen LogP contribution in [0.3, 0.4) is 0 Å². The maximum Gasteiger partial charge on any atom is 0.341 e. The van der Waals surface area contributed by atoms with E-state index in [4.69, 9.17) is 9.47 Å². The molecule has 1 fully saturated rings. The number of aldehydes is 1. The van der Waals surface area contributed by atoms with E-state index >= 15 is 4.39 Å². The first-order valence-corrected chi connectivity index (χ1v) is 9.22. The normalized spacial score (nSPS) is 13.3. The van der Waals surface area contributed by atoms with Crippen LogP contribution in [0.15, 0.2) is 35.3 Å². The Bertz CT molecular complexity index is 1260. The van der Waals surface area contributed by atoms with Gasteiger partial charge < -0.3 is 19.1 Å². The van der Waals surface area contributed by atoms with Gasteiger partial charge >= 0.3 is 5.97 Å². The van der Waals surface area contributed by atoms with Crippen LogP contribution in [-0.2, 0) is 0 Å². The van der Waals surface area contributed by atoms with Crippen molar-refractivity contribution in [1.82, 2.24) is 4.57 Å². The summed E-state index contributed by atoms with van der Waals surface area (Å²) in [6.45, 7) is 0. The van der Waals surface area contributed by atoms with Crippen LogP contribution < -0.4 is 14.9 Å². The number of ether oxygens (including phenoxy) is 2. The van der Waals surface area contributed by atoms with Gasteiger partial charge in [0.15, 0.2) is 11.5 Å². The predicted molar refractivity (Wildman–Crippen MR) is 107 cm³/mol. The van der Waals surface area contributed by atoms with Crippen molar-refractivity contribution >= 4 is 23.2 Å². The molecule has 30 heavy (non-hydrogen) atoms. The summed E-state index contributed by atoms with van der Waals surface area (Å²) in [6.07, 6.45) is 3.60. The second-order valence-corrected chi connectivity index (χ2v) is 7.09. The Morgan fingerprint density at radius 1 is 1.17 bits per heavy atom. The lowest BCUT2D eigenvalue weighted by Crippen LogP contribution is -2.19. The van der Waals surface area contributed by atoms with Crippen molar-refractivity contribution < 1.29 is 28.6 Å². The van der Waals surface area contributed by atoms with E-state index in [1.807, 2.05) is 0 Å². The summed E-state index contributed by atoms with van der Waals surface area (Å²) in [5, 5.41) is 9.35. The van der Waals surface area contributed by atoms with Gasteiger partial charge in [0, 0.05) is 34.3 Å². The van der Waals surface area contributed by atoms with E-state index in [1.54, 1.807) is 4.57 Å². The van der Waals surface area contributed by atoms with Crippen LogP contribution in [-0.4, -0.2) is 36.1 Å². The highest BCUT2D eigenvalue weighted by atomic mass is 19.1. The largest absolute Gasteiger partial charge is 0.493 e. The highest BCUT2D eigenvalue weighted by Gasteiger charge is 2.28. The third kappa shape index (κ3) is 3.10. The van der Waals surface area contributed by atoms with Gasteiger partial charge in [0.1, 0.15) is 17.7 Å². The molecule has 1 saturated carbocycles. The van der Waals surface area contributed by atoms with Gasteiger partial charge in [-0.2, -0.15) is 0 Å². The second-order valence-electron chi connectivity index (χ2n) is 7.09. The molecule has 3 aromatic rings. The Labute approximate surface area is 170 Å². The summed E-state index contributed by atoms with van der Waals surface area (Å²) in [4.78, 5) is 35.5. The van der Waals surface area contributed by atoms with E-state index in [1.165, 1.54) is 38.6 Å². The third-order valence-electron chi connectivity index (χ3n) is 5.22. The number of carboxylic acids is 1. The minimum absolute atomic E-state index is 0.0134. The highest BCUT2D eigenvalue weighted by Crippen LogP contribution is 2.42. The van der Waals surface area contributed by atoms with Crippen LogP contribution in [0.25, 0.3) is 22.0 Å². The number of carboxylic acid groups (broad SMARTS) is 1. The minimum Gasteiger partial charge on any atom is -0.493 e. The molecule has 154 valence electrons. The first-order chi connectivity index (χ1) is 14.4. The fraction of sp³-hybridized carbons (Fsp3) is 0.227. The number of benzene rings is 2. The molecule has 1 aromatic heterocycles. The lowest BCUT2D eigenvalue weighted by Gasteiger charge is -2.17. The summed E-state index contributed by atoms with van der Waals surface area (Å²) in [6, 6.07) is 5.53. The van der Waals surface area contributed by atoms with Crippen LogP contribution in [0, 0.1) is 5.82 Å². The van der Waals surface area contributed by atoms with Crippen molar-refractivity contribution in [2.45, 2.75) is 18.9 Å². The standard InChI is InChI=1S/C22H18FNO6/c1-29-19-6-11(10-25)5-14(21(19)30-2)13-8-18-15(7-17(13)23)20(26)16(22(27)28)9-24(18)12-3-4-12/h5-10,12H,3-4H2,1-2H3,(H,27,28). The van der Waals surface area contributed by atoms with E-state index in [-0.39, 0.29) is 39.6 Å². The second kappa shape index (κ2) is 7.29. The van der Waals surface area contributed by atoms with E-state index in [2.05, 4.69) is 0 Å². The summed E-state index contributed by atoms with van der Waals surface area (Å²) in [5.41, 5.74) is -0.0622. The van der Waals surface area contributed by atoms with E-state index < -0.39 is 22.8 Å². The summed E-state index contributed by atoms with van der Waals surface area (Å²) >= 11 is 0. The first kappa shape index (κ1) is 19.6. The average Bonchev–Trinajstić information content (AvgIpc) is 3.57. The third-order valence-corrected chi connectivity index (χ3v) is 5.22. The van der Waals surface area contributed by atoms with Crippen molar-refractivity contribution in [2.75, 3.05) is 14.2 Å². The molecule has 4 rings (SSSR count). The van der Waals surface area contributed by atoms with Gasteiger partial charge in [-0.05, 0) is 37.1 Å². The maximum atomic E-state index is 15.2. The molecule has 2 aromatic carbocycles. The quantitative estimate of drug-likeness (QED) is 0.622. The van der Waals surface area contributed by atoms with Gasteiger partial charge in [0.2, 0.25) is 5.43 Å². The molecule has 1 aliphatic carbocycles. The van der Waals surface area contributed by atoms with Crippen LogP contribution in [0.5, 0.6) is 11.5 Å².